The van der Waals surface area contributed by atoms with Crippen molar-refractivity contribution in [2.45, 2.75) is 109 Å². The van der Waals surface area contributed by atoms with Crippen LogP contribution in [0.2, 0.25) is 0 Å². The summed E-state index contributed by atoms with van der Waals surface area (Å²) in [4.78, 5) is 96.6. The first-order chi connectivity index (χ1) is 29.6. The maximum Gasteiger partial charge on any atom is 0.274 e. The molecule has 2 unspecified atom stereocenters. The Balaban J connectivity index is 1.36. The Morgan fingerprint density at radius 3 is 2.37 bits per heavy atom. The highest BCUT2D eigenvalue weighted by molar-refractivity contribution is 8.13. The second-order valence-corrected chi connectivity index (χ2v) is 20.0. The lowest BCUT2D eigenvalue weighted by atomic mass is 9.87. The molecule has 2 amide bonds. The topological polar surface area (TPSA) is 375 Å². The van der Waals surface area contributed by atoms with Gasteiger partial charge in [0.05, 0.1) is 27.4 Å². The third kappa shape index (κ3) is 19.2. The van der Waals surface area contributed by atoms with Gasteiger partial charge < -0.3 is 69.0 Å². The standard InChI is InChI=1S/C35H58N7O17P3S/c1-4-5-6-7-8-9-10-11-12-13-14-15-26(44)63-19-18-37-25(43)16-17-38-33(47)30(46)35(2,3)21-56-62(53,54)59-61(51,52)55-20-24-29(58-60(48,49)50)28(45)34(57-24)42-23-41-27-31(36)39-22-40-32(27)42/h4-7,22-24,28-30,34,45-46H,8-21H2,1-3H3,(H,37,43)(H,38,47)(H,51,52)(H,53,54)(H2,36,39,40)(H2,48,49,50)/p-4/b5-4+,7-6+/t24-,28-,29-,30+,34-/m1/s1. The van der Waals surface area contributed by atoms with Crippen LogP contribution in [0.4, 0.5) is 5.82 Å². The number of nitrogens with zero attached hydrogens (tertiary/aromatic N) is 4. The molecule has 1 fully saturated rings. The molecule has 63 heavy (non-hydrogen) atoms. The molecule has 24 nitrogen and oxygen atoms in total. The number of nitrogens with two attached hydrogens (primary N) is 1. The Morgan fingerprint density at radius 2 is 1.67 bits per heavy atom. The van der Waals surface area contributed by atoms with Crippen molar-refractivity contribution >= 4 is 69.1 Å². The Hall–Kier alpha value is -2.96. The molecule has 0 aliphatic carbocycles. The van der Waals surface area contributed by atoms with Crippen LogP contribution in [0.25, 0.3) is 11.2 Å². The van der Waals surface area contributed by atoms with Crippen LogP contribution in [0, 0.1) is 5.41 Å². The zero-order chi connectivity index (χ0) is 46.8. The molecule has 0 radical (unpaired) electrons. The average Bonchev–Trinajstić information content (AvgIpc) is 3.76. The molecule has 7 atom stereocenters. The first-order valence-corrected chi connectivity index (χ1v) is 25.2. The van der Waals surface area contributed by atoms with Crippen LogP contribution < -0.4 is 35.9 Å². The van der Waals surface area contributed by atoms with Gasteiger partial charge in [-0.15, -0.1) is 0 Å². The van der Waals surface area contributed by atoms with Crippen LogP contribution in [0.1, 0.15) is 84.8 Å². The zero-order valence-electron chi connectivity index (χ0n) is 34.9. The SMILES string of the molecule is C/C=C/C=C/CCCCCCCCC(=O)SCCNC(=O)CCNC(=O)[C@H](O)C(C)(C)COP(=O)([O-])OP(=O)([O-])OC[C@H]1O[C@@H](n2cnc3c(N)ncnc32)[C@H](O)[C@@H]1OP(=O)([O-])[O-]. The Bertz CT molecular complexity index is 2020. The van der Waals surface area contributed by atoms with E-state index in [0.717, 1.165) is 73.9 Å². The van der Waals surface area contributed by atoms with E-state index in [1.165, 1.54) is 13.8 Å². The number of nitrogens with one attached hydrogen (secondary N) is 2. The van der Waals surface area contributed by atoms with Crippen molar-refractivity contribution in [3.8, 4) is 0 Å². The third-order valence-electron chi connectivity index (χ3n) is 9.18. The molecule has 0 bridgehead atoms. The van der Waals surface area contributed by atoms with E-state index in [1.807, 2.05) is 25.2 Å². The lowest BCUT2D eigenvalue weighted by Gasteiger charge is -2.36. The van der Waals surface area contributed by atoms with Crippen LogP contribution in [0.3, 0.4) is 0 Å². The second-order valence-electron chi connectivity index (χ2n) is 14.8. The largest absolute Gasteiger partial charge is 0.790 e. The minimum atomic E-state index is -5.92. The van der Waals surface area contributed by atoms with Gasteiger partial charge in [0.2, 0.25) is 11.8 Å². The number of aliphatic hydroxyl groups excluding tert-OH is 2. The van der Waals surface area contributed by atoms with E-state index in [4.69, 9.17) is 10.5 Å². The number of aliphatic hydroxyl groups is 2. The molecule has 0 saturated carbocycles. The van der Waals surface area contributed by atoms with E-state index in [1.54, 1.807) is 0 Å². The highest BCUT2D eigenvalue weighted by atomic mass is 32.2. The van der Waals surface area contributed by atoms with E-state index >= 15 is 0 Å². The minimum absolute atomic E-state index is 0.0200. The number of rotatable bonds is 29. The minimum Gasteiger partial charge on any atom is -0.790 e. The molecule has 0 spiro atoms. The van der Waals surface area contributed by atoms with Gasteiger partial charge in [0.25, 0.3) is 15.6 Å². The fourth-order valence-corrected chi connectivity index (χ4v) is 9.33. The summed E-state index contributed by atoms with van der Waals surface area (Å²) in [6.45, 7) is 2.12. The maximum atomic E-state index is 12.6. The van der Waals surface area contributed by atoms with Gasteiger partial charge in [-0.1, -0.05) is 75.6 Å². The molecule has 28 heteroatoms. The first kappa shape index (κ1) is 54.4. The summed E-state index contributed by atoms with van der Waals surface area (Å²) < 4.78 is 60.7. The van der Waals surface area contributed by atoms with Gasteiger partial charge in [-0.05, 0) is 26.2 Å². The lowest BCUT2D eigenvalue weighted by molar-refractivity contribution is -0.347. The molecule has 3 heterocycles. The monoisotopic (exact) mass is 969 g/mol. The van der Waals surface area contributed by atoms with Gasteiger partial charge in [-0.25, -0.2) is 19.3 Å². The lowest BCUT2D eigenvalue weighted by Crippen LogP contribution is -2.46. The zero-order valence-corrected chi connectivity index (χ0v) is 38.4. The second kappa shape index (κ2) is 25.7. The van der Waals surface area contributed by atoms with Crippen LogP contribution in [0.15, 0.2) is 37.0 Å². The van der Waals surface area contributed by atoms with Gasteiger partial charge >= 0.3 is 0 Å². The van der Waals surface area contributed by atoms with E-state index in [-0.39, 0.29) is 41.6 Å². The van der Waals surface area contributed by atoms with Crippen molar-refractivity contribution in [1.29, 1.82) is 0 Å². The number of hydrogen-bond acceptors (Lipinski definition) is 22. The number of imidazole rings is 1. The van der Waals surface area contributed by atoms with Gasteiger partial charge in [0, 0.05) is 37.1 Å². The Morgan fingerprint density at radius 1 is 0.984 bits per heavy atom. The number of amides is 2. The van der Waals surface area contributed by atoms with Crippen LogP contribution in [-0.4, -0.2) is 103 Å². The number of allylic oxidation sites excluding steroid dienone is 4. The van der Waals surface area contributed by atoms with Gasteiger partial charge in [-0.2, -0.15) is 0 Å². The smallest absolute Gasteiger partial charge is 0.274 e. The van der Waals surface area contributed by atoms with Crippen LogP contribution in [0.5, 0.6) is 0 Å². The van der Waals surface area contributed by atoms with Gasteiger partial charge in [0.15, 0.2) is 22.8 Å². The van der Waals surface area contributed by atoms with E-state index in [2.05, 4.69) is 49.5 Å². The fourth-order valence-electron chi connectivity index (χ4n) is 5.87. The number of carbonyl (C=O) groups is 3. The van der Waals surface area contributed by atoms with Crippen molar-refractivity contribution in [1.82, 2.24) is 30.2 Å². The number of unbranched alkanes of at least 4 members (excludes halogenated alkanes) is 6. The summed E-state index contributed by atoms with van der Waals surface area (Å²) in [7, 11) is -17.6. The van der Waals surface area contributed by atoms with Crippen molar-refractivity contribution in [2.75, 3.05) is 37.8 Å². The highest BCUT2D eigenvalue weighted by Gasteiger charge is 2.47. The molecular formula is C35H54N7O17P3S-4. The molecule has 1 saturated heterocycles. The Kier molecular flexibility index (Phi) is 22.1. The summed E-state index contributed by atoms with van der Waals surface area (Å²) in [5.74, 6) is -1.15. The summed E-state index contributed by atoms with van der Waals surface area (Å²) in [5.41, 5.74) is 4.08. The number of aromatic nitrogens is 4. The van der Waals surface area contributed by atoms with Crippen molar-refractivity contribution in [2.24, 2.45) is 5.41 Å². The summed E-state index contributed by atoms with van der Waals surface area (Å²) in [6.07, 6.45) is 8.41. The van der Waals surface area contributed by atoms with Crippen molar-refractivity contribution in [3.05, 3.63) is 37.0 Å². The number of phosphoric ester groups is 3. The number of anilines is 1. The molecule has 356 valence electrons. The van der Waals surface area contributed by atoms with Crippen LogP contribution in [-0.2, 0) is 50.7 Å². The van der Waals surface area contributed by atoms with E-state index < -0.39 is 84.6 Å². The molecule has 2 aromatic rings. The molecule has 0 aromatic carbocycles. The predicted molar refractivity (Wildman–Crippen MR) is 219 cm³/mol. The van der Waals surface area contributed by atoms with Gasteiger partial charge in [0.1, 0.15) is 36.3 Å². The highest BCUT2D eigenvalue weighted by Crippen LogP contribution is 2.56. The van der Waals surface area contributed by atoms with E-state index in [9.17, 15) is 57.9 Å². The average molecular weight is 970 g/mol. The summed E-state index contributed by atoms with van der Waals surface area (Å²) in [5, 5.41) is 26.4. The normalized spacial score (nSPS) is 20.8. The van der Waals surface area contributed by atoms with Crippen LogP contribution >= 0.6 is 35.2 Å². The number of carbonyl (C=O) groups excluding carboxylic acids is 3. The number of thioether (sulfide) groups is 1. The number of hydrogen-bond donors (Lipinski definition) is 5. The predicted octanol–water partition coefficient (Wildman–Crippen LogP) is 0.390. The molecule has 1 aliphatic heterocycles. The Labute approximate surface area is 368 Å². The fraction of sp³-hybridized carbons (Fsp3) is 0.657. The van der Waals surface area contributed by atoms with Crippen molar-refractivity contribution < 1.29 is 80.5 Å². The maximum absolute atomic E-state index is 12.6. The molecule has 3 rings (SSSR count). The number of phosphoric acid groups is 3. The summed E-state index contributed by atoms with van der Waals surface area (Å²) >= 11 is 1.13. The molecule has 6 N–H and O–H groups in total. The molecular weight excluding hydrogens is 915 g/mol. The van der Waals surface area contributed by atoms with Gasteiger partial charge in [-0.3, -0.25) is 28.1 Å². The van der Waals surface area contributed by atoms with E-state index in [0.29, 0.717) is 12.2 Å². The summed E-state index contributed by atoms with van der Waals surface area (Å²) in [6, 6.07) is 0. The first-order valence-electron chi connectivity index (χ1n) is 19.8. The molecule has 1 aliphatic rings. The number of ether oxygens (including phenoxy) is 1. The van der Waals surface area contributed by atoms with Crippen molar-refractivity contribution in [3.63, 3.8) is 0 Å². The number of nitrogen functional groups attached to an aromatic ring is 1. The number of fused-ring (bicyclic) bond motifs is 1. The molecule has 2 aromatic heterocycles. The quantitative estimate of drug-likeness (QED) is 0.0418. The third-order valence-corrected chi connectivity index (χ3v) is 13.1.